The van der Waals surface area contributed by atoms with Gasteiger partial charge in [0.15, 0.2) is 0 Å². The van der Waals surface area contributed by atoms with Crippen molar-refractivity contribution in [1.29, 1.82) is 0 Å². The van der Waals surface area contributed by atoms with Crippen LogP contribution in [0.3, 0.4) is 0 Å². The molecule has 0 aliphatic rings. The summed E-state index contributed by atoms with van der Waals surface area (Å²) in [7, 11) is 0. The Morgan fingerprint density at radius 2 is 1.92 bits per heavy atom. The molecule has 0 spiro atoms. The van der Waals surface area contributed by atoms with Crippen LogP contribution in [0.25, 0.3) is 5.78 Å². The third kappa shape index (κ3) is 3.90. The minimum atomic E-state index is -4.47. The largest absolute Gasteiger partial charge is 0.417 e. The molecule has 0 fully saturated rings. The van der Waals surface area contributed by atoms with Crippen LogP contribution in [-0.4, -0.2) is 37.7 Å². The minimum Gasteiger partial charge on any atom is -0.368 e. The van der Waals surface area contributed by atoms with Crippen LogP contribution in [0.2, 0.25) is 5.02 Å². The number of hydrogen-bond acceptors (Lipinski definition) is 6. The van der Waals surface area contributed by atoms with Gasteiger partial charge in [0.05, 0.1) is 10.6 Å². The Morgan fingerprint density at radius 1 is 1.16 bits per heavy atom. The molecule has 11 heteroatoms. The van der Waals surface area contributed by atoms with E-state index in [2.05, 4.69) is 30.7 Å². The summed E-state index contributed by atoms with van der Waals surface area (Å²) >= 11 is 5.84. The van der Waals surface area contributed by atoms with Crippen LogP contribution < -0.4 is 10.6 Å². The molecule has 0 atom stereocenters. The number of aromatic nitrogens is 5. The second kappa shape index (κ2) is 6.71. The molecule has 0 saturated carbocycles. The van der Waals surface area contributed by atoms with Gasteiger partial charge in [-0.25, -0.2) is 9.97 Å². The lowest BCUT2D eigenvalue weighted by molar-refractivity contribution is -0.137. The molecule has 3 aromatic heterocycles. The van der Waals surface area contributed by atoms with E-state index in [9.17, 15) is 13.2 Å². The van der Waals surface area contributed by atoms with E-state index in [0.29, 0.717) is 24.7 Å². The molecule has 3 aromatic rings. The van der Waals surface area contributed by atoms with E-state index in [1.165, 1.54) is 6.33 Å². The smallest absolute Gasteiger partial charge is 0.368 e. The summed E-state index contributed by atoms with van der Waals surface area (Å²) < 4.78 is 39.3. The van der Waals surface area contributed by atoms with Gasteiger partial charge in [-0.05, 0) is 13.0 Å². The number of pyridine rings is 1. The van der Waals surface area contributed by atoms with E-state index in [1.54, 1.807) is 4.52 Å². The van der Waals surface area contributed by atoms with Crippen molar-refractivity contribution >= 4 is 29.0 Å². The molecular weight excluding hydrogens is 359 g/mol. The van der Waals surface area contributed by atoms with Crippen LogP contribution in [-0.2, 0) is 6.18 Å². The third-order valence-electron chi connectivity index (χ3n) is 3.27. The van der Waals surface area contributed by atoms with Gasteiger partial charge in [0.1, 0.15) is 18.0 Å². The number of anilines is 2. The highest BCUT2D eigenvalue weighted by Crippen LogP contribution is 2.32. The van der Waals surface area contributed by atoms with E-state index in [4.69, 9.17) is 11.6 Å². The van der Waals surface area contributed by atoms with E-state index in [0.717, 1.165) is 18.0 Å². The number of alkyl halides is 3. The van der Waals surface area contributed by atoms with Gasteiger partial charge in [0, 0.05) is 31.0 Å². The molecule has 0 aliphatic heterocycles. The first kappa shape index (κ1) is 17.2. The zero-order valence-electron chi connectivity index (χ0n) is 13.0. The predicted octanol–water partition coefficient (Wildman–Crippen LogP) is 3.02. The highest BCUT2D eigenvalue weighted by Gasteiger charge is 2.31. The molecule has 3 heterocycles. The van der Waals surface area contributed by atoms with Crippen LogP contribution in [0, 0.1) is 6.92 Å². The number of nitrogens with one attached hydrogen (secondary N) is 2. The van der Waals surface area contributed by atoms with Gasteiger partial charge in [0.25, 0.3) is 5.78 Å². The molecule has 132 valence electrons. The zero-order valence-corrected chi connectivity index (χ0v) is 13.7. The lowest BCUT2D eigenvalue weighted by Crippen LogP contribution is -2.17. The molecule has 0 aliphatic carbocycles. The summed E-state index contributed by atoms with van der Waals surface area (Å²) in [4.78, 5) is 12.0. The number of halogens is 4. The SMILES string of the molecule is Cc1cc(NCCNc2ncc(C(F)(F)F)cc2Cl)n2ncnc2n1. The summed E-state index contributed by atoms with van der Waals surface area (Å²) in [6.45, 7) is 2.68. The maximum Gasteiger partial charge on any atom is 0.417 e. The van der Waals surface area contributed by atoms with E-state index in [-0.39, 0.29) is 10.8 Å². The van der Waals surface area contributed by atoms with Crippen molar-refractivity contribution in [1.82, 2.24) is 24.6 Å². The minimum absolute atomic E-state index is 0.0896. The van der Waals surface area contributed by atoms with E-state index >= 15 is 0 Å². The molecule has 25 heavy (non-hydrogen) atoms. The van der Waals surface area contributed by atoms with Gasteiger partial charge in [-0.1, -0.05) is 11.6 Å². The molecule has 0 radical (unpaired) electrons. The van der Waals surface area contributed by atoms with Crippen LogP contribution in [0.15, 0.2) is 24.7 Å². The van der Waals surface area contributed by atoms with Gasteiger partial charge in [-0.3, -0.25) is 0 Å². The Balaban J connectivity index is 1.61. The summed E-state index contributed by atoms with van der Waals surface area (Å²) in [6, 6.07) is 2.65. The summed E-state index contributed by atoms with van der Waals surface area (Å²) in [5, 5.41) is 10.0. The molecule has 3 rings (SSSR count). The predicted molar refractivity (Wildman–Crippen MR) is 86.7 cm³/mol. The molecule has 0 aromatic carbocycles. The fourth-order valence-corrected chi connectivity index (χ4v) is 2.38. The number of aryl methyl sites for hydroxylation is 1. The maximum atomic E-state index is 12.6. The normalized spacial score (nSPS) is 11.7. The summed E-state index contributed by atoms with van der Waals surface area (Å²) in [5.74, 6) is 1.37. The van der Waals surface area contributed by atoms with Crippen molar-refractivity contribution in [2.24, 2.45) is 0 Å². The highest BCUT2D eigenvalue weighted by molar-refractivity contribution is 6.32. The van der Waals surface area contributed by atoms with Gasteiger partial charge in [-0.2, -0.15) is 27.8 Å². The maximum absolute atomic E-state index is 12.6. The Kier molecular flexibility index (Phi) is 4.62. The van der Waals surface area contributed by atoms with Crippen molar-refractivity contribution in [3.8, 4) is 0 Å². The first-order valence-electron chi connectivity index (χ1n) is 7.22. The second-order valence-electron chi connectivity index (χ2n) is 5.16. The van der Waals surface area contributed by atoms with Crippen LogP contribution in [0.4, 0.5) is 24.8 Å². The first-order valence-corrected chi connectivity index (χ1v) is 7.60. The van der Waals surface area contributed by atoms with E-state index in [1.807, 2.05) is 13.0 Å². The molecular formula is C14H13ClF3N7. The lowest BCUT2D eigenvalue weighted by atomic mass is 10.3. The lowest BCUT2D eigenvalue weighted by Gasteiger charge is -2.12. The van der Waals surface area contributed by atoms with Crippen LogP contribution in [0.1, 0.15) is 11.3 Å². The highest BCUT2D eigenvalue weighted by atomic mass is 35.5. The Morgan fingerprint density at radius 3 is 2.64 bits per heavy atom. The van der Waals surface area contributed by atoms with Crippen molar-refractivity contribution in [3.63, 3.8) is 0 Å². The fraction of sp³-hybridized carbons (Fsp3) is 0.286. The van der Waals surface area contributed by atoms with Crippen molar-refractivity contribution in [3.05, 3.63) is 40.9 Å². The van der Waals surface area contributed by atoms with Crippen molar-refractivity contribution in [2.45, 2.75) is 13.1 Å². The number of fused-ring (bicyclic) bond motifs is 1. The fourth-order valence-electron chi connectivity index (χ4n) is 2.15. The Bertz CT molecular complexity index is 894. The average Bonchev–Trinajstić information content (AvgIpc) is 2.99. The summed E-state index contributed by atoms with van der Waals surface area (Å²) in [5.41, 5.74) is -0.106. The number of hydrogen-bond donors (Lipinski definition) is 2. The number of nitrogens with zero attached hydrogens (tertiary/aromatic N) is 5. The third-order valence-corrected chi connectivity index (χ3v) is 3.56. The molecule has 0 bridgehead atoms. The van der Waals surface area contributed by atoms with Gasteiger partial charge < -0.3 is 10.6 Å². The molecule has 0 amide bonds. The van der Waals surface area contributed by atoms with E-state index < -0.39 is 11.7 Å². The topological polar surface area (TPSA) is 80.0 Å². The van der Waals surface area contributed by atoms with Gasteiger partial charge in [0.2, 0.25) is 0 Å². The Labute approximate surface area is 145 Å². The zero-order chi connectivity index (χ0) is 18.0. The summed E-state index contributed by atoms with van der Waals surface area (Å²) in [6.07, 6.45) is -2.33. The molecule has 0 saturated heterocycles. The van der Waals surface area contributed by atoms with Crippen LogP contribution in [0.5, 0.6) is 0 Å². The van der Waals surface area contributed by atoms with Gasteiger partial charge >= 0.3 is 6.18 Å². The standard InChI is InChI=1S/C14H13ClF3N7/c1-8-4-11(25-13(24-8)22-7-23-25)19-2-3-20-12-10(15)5-9(6-21-12)14(16,17)18/h4-7,19H,2-3H2,1H3,(H,20,21). The quantitative estimate of drug-likeness (QED) is 0.671. The monoisotopic (exact) mass is 371 g/mol. The van der Waals surface area contributed by atoms with Gasteiger partial charge in [-0.15, -0.1) is 0 Å². The van der Waals surface area contributed by atoms with Crippen LogP contribution >= 0.6 is 11.6 Å². The molecule has 7 nitrogen and oxygen atoms in total. The Hall–Kier alpha value is -2.62. The average molecular weight is 372 g/mol. The van der Waals surface area contributed by atoms with Crippen molar-refractivity contribution < 1.29 is 13.2 Å². The van der Waals surface area contributed by atoms with Crippen molar-refractivity contribution in [2.75, 3.05) is 23.7 Å². The number of rotatable bonds is 5. The second-order valence-corrected chi connectivity index (χ2v) is 5.57. The first-order chi connectivity index (χ1) is 11.8. The molecule has 2 N–H and O–H groups in total. The molecule has 0 unspecified atom stereocenters.